The maximum Gasteiger partial charge on any atom is 0.330 e. The van der Waals surface area contributed by atoms with Crippen molar-refractivity contribution in [2.24, 2.45) is 5.14 Å². The number of primary sulfonamides is 1. The summed E-state index contributed by atoms with van der Waals surface area (Å²) < 4.78 is 69.3. The van der Waals surface area contributed by atoms with Crippen LogP contribution in [0, 0.1) is 17.5 Å². The number of unbranched alkanes of at least 4 members (excludes halogenated alkanes) is 1. The summed E-state index contributed by atoms with van der Waals surface area (Å²) in [5, 5.41) is 5.25. The molecule has 0 amide bonds. The molecule has 3 aromatic carbocycles. The number of benzene rings is 3. The van der Waals surface area contributed by atoms with Crippen LogP contribution in [0.2, 0.25) is 0 Å². The van der Waals surface area contributed by atoms with E-state index in [1.165, 1.54) is 22.8 Å². The third kappa shape index (κ3) is 5.52. The lowest BCUT2D eigenvalue weighted by Gasteiger charge is -2.17. The molecule has 1 unspecified atom stereocenters. The first kappa shape index (κ1) is 29.0. The van der Waals surface area contributed by atoms with Crippen molar-refractivity contribution in [2.75, 3.05) is 0 Å². The molecule has 13 heteroatoms. The first-order chi connectivity index (χ1) is 20.0. The molecule has 0 saturated heterocycles. The fourth-order valence-corrected chi connectivity index (χ4v) is 5.67. The van der Waals surface area contributed by atoms with Gasteiger partial charge in [-0.2, -0.15) is 0 Å². The van der Waals surface area contributed by atoms with Crippen molar-refractivity contribution in [1.82, 2.24) is 19.5 Å². The molecule has 218 valence electrons. The first-order valence-electron chi connectivity index (χ1n) is 13.1. The third-order valence-corrected chi connectivity index (χ3v) is 8.02. The second kappa shape index (κ2) is 11.4. The van der Waals surface area contributed by atoms with Gasteiger partial charge in [0.05, 0.1) is 4.90 Å². The number of fused-ring (bicyclic) bond motifs is 1. The normalized spacial score (nSPS) is 12.6. The van der Waals surface area contributed by atoms with Crippen LogP contribution in [0.15, 0.2) is 75.1 Å². The number of aryl methyl sites for hydroxylation is 1. The Hall–Kier alpha value is -4.49. The molecule has 0 aliphatic carbocycles. The van der Waals surface area contributed by atoms with Crippen LogP contribution in [0.4, 0.5) is 13.2 Å². The Morgan fingerprint density at radius 3 is 2.33 bits per heavy atom. The van der Waals surface area contributed by atoms with E-state index in [0.717, 1.165) is 12.5 Å². The minimum atomic E-state index is -4.39. The first-order valence-corrected chi connectivity index (χ1v) is 14.6. The standard InChI is InChI=1S/C29H26F3N5O4S/c1-2-3-14-37-27-25(28(38)36-29(37)39)34-26(35-27)19(15-18-6-4-5-7-20(18)30)16-8-10-17(11-9-16)23-22(42(33,40)41)13-12-21(31)24(23)32/h4-13,19H,2-3,14-15H2,1H3,(H,34,35)(H2,33,40,41)(H,36,38,39). The molecule has 0 spiro atoms. The Bertz CT molecular complexity index is 2020. The zero-order valence-corrected chi connectivity index (χ0v) is 23.1. The minimum Gasteiger partial charge on any atom is -0.336 e. The molecular weight excluding hydrogens is 571 g/mol. The highest BCUT2D eigenvalue weighted by molar-refractivity contribution is 7.89. The van der Waals surface area contributed by atoms with Gasteiger partial charge in [0.1, 0.15) is 17.2 Å². The van der Waals surface area contributed by atoms with Gasteiger partial charge in [0, 0.05) is 18.0 Å². The summed E-state index contributed by atoms with van der Waals surface area (Å²) in [5.41, 5.74) is -0.623. The number of aromatic amines is 2. The van der Waals surface area contributed by atoms with Crippen molar-refractivity contribution < 1.29 is 21.6 Å². The number of halogens is 3. The van der Waals surface area contributed by atoms with Gasteiger partial charge in [0.25, 0.3) is 5.56 Å². The van der Waals surface area contributed by atoms with Crippen molar-refractivity contribution in [1.29, 1.82) is 0 Å². The van der Waals surface area contributed by atoms with Gasteiger partial charge in [0.15, 0.2) is 17.3 Å². The van der Waals surface area contributed by atoms with E-state index >= 15 is 0 Å². The van der Waals surface area contributed by atoms with E-state index in [-0.39, 0.29) is 29.0 Å². The summed E-state index contributed by atoms with van der Waals surface area (Å²) in [4.78, 5) is 34.5. The zero-order chi connectivity index (χ0) is 30.2. The highest BCUT2D eigenvalue weighted by Crippen LogP contribution is 2.34. The molecule has 9 nitrogen and oxygen atoms in total. The fraction of sp³-hybridized carbons (Fsp3) is 0.207. The predicted molar refractivity (Wildman–Crippen MR) is 151 cm³/mol. The Kier molecular flexibility index (Phi) is 7.89. The topological polar surface area (TPSA) is 144 Å². The van der Waals surface area contributed by atoms with E-state index in [0.29, 0.717) is 30.2 Å². The molecule has 2 aromatic heterocycles. The van der Waals surface area contributed by atoms with Gasteiger partial charge in [-0.25, -0.2) is 36.5 Å². The Morgan fingerprint density at radius 2 is 1.67 bits per heavy atom. The number of rotatable bonds is 9. The van der Waals surface area contributed by atoms with Crippen LogP contribution in [0.3, 0.4) is 0 Å². The summed E-state index contributed by atoms with van der Waals surface area (Å²) in [6, 6.07) is 13.6. The number of sulfonamides is 1. The monoisotopic (exact) mass is 597 g/mol. The molecule has 0 radical (unpaired) electrons. The molecule has 4 N–H and O–H groups in total. The predicted octanol–water partition coefficient (Wildman–Crippen LogP) is 4.32. The number of hydrogen-bond donors (Lipinski definition) is 3. The van der Waals surface area contributed by atoms with Crippen LogP contribution in [0.5, 0.6) is 0 Å². The number of aromatic nitrogens is 4. The lowest BCUT2D eigenvalue weighted by Crippen LogP contribution is -2.30. The van der Waals surface area contributed by atoms with Crippen molar-refractivity contribution >= 4 is 21.2 Å². The summed E-state index contributed by atoms with van der Waals surface area (Å²) in [6.45, 7) is 2.28. The Labute approximate surface area is 237 Å². The van der Waals surface area contributed by atoms with Crippen LogP contribution in [-0.4, -0.2) is 27.9 Å². The quantitative estimate of drug-likeness (QED) is 0.232. The van der Waals surface area contributed by atoms with E-state index in [1.54, 1.807) is 30.3 Å². The molecule has 5 aromatic rings. The molecule has 42 heavy (non-hydrogen) atoms. The number of nitrogens with one attached hydrogen (secondary N) is 2. The highest BCUT2D eigenvalue weighted by atomic mass is 32.2. The number of hydrogen-bond acceptors (Lipinski definition) is 5. The fourth-order valence-electron chi connectivity index (χ4n) is 4.92. The van der Waals surface area contributed by atoms with Gasteiger partial charge < -0.3 is 4.98 Å². The van der Waals surface area contributed by atoms with Crippen LogP contribution in [0.1, 0.15) is 42.6 Å². The highest BCUT2D eigenvalue weighted by Gasteiger charge is 2.25. The number of H-pyrrole nitrogens is 2. The summed E-state index contributed by atoms with van der Waals surface area (Å²) in [5.74, 6) is -3.51. The number of nitrogens with two attached hydrogens (primary N) is 1. The molecule has 5 rings (SSSR count). The lowest BCUT2D eigenvalue weighted by atomic mass is 9.90. The van der Waals surface area contributed by atoms with Gasteiger partial charge in [0.2, 0.25) is 10.0 Å². The van der Waals surface area contributed by atoms with Gasteiger partial charge >= 0.3 is 5.69 Å². The van der Waals surface area contributed by atoms with Crippen molar-refractivity contribution in [3.05, 3.63) is 116 Å². The molecular formula is C29H26F3N5O4S. The minimum absolute atomic E-state index is 0.0406. The largest absolute Gasteiger partial charge is 0.336 e. The number of nitrogens with zero attached hydrogens (tertiary/aromatic N) is 2. The zero-order valence-electron chi connectivity index (χ0n) is 22.3. The molecule has 0 aliphatic rings. The van der Waals surface area contributed by atoms with E-state index in [2.05, 4.69) is 15.0 Å². The van der Waals surface area contributed by atoms with Crippen molar-refractivity contribution in [3.63, 3.8) is 0 Å². The smallest absolute Gasteiger partial charge is 0.330 e. The molecule has 0 aliphatic heterocycles. The maximum atomic E-state index is 14.8. The molecule has 1 atom stereocenters. The van der Waals surface area contributed by atoms with E-state index < -0.39 is 55.1 Å². The molecule has 2 heterocycles. The van der Waals surface area contributed by atoms with Gasteiger partial charge in [-0.15, -0.1) is 0 Å². The van der Waals surface area contributed by atoms with Crippen LogP contribution in [0.25, 0.3) is 22.3 Å². The van der Waals surface area contributed by atoms with Gasteiger partial charge in [-0.3, -0.25) is 14.3 Å². The Morgan fingerprint density at radius 1 is 0.952 bits per heavy atom. The van der Waals surface area contributed by atoms with E-state index in [9.17, 15) is 31.2 Å². The van der Waals surface area contributed by atoms with Gasteiger partial charge in [-0.05, 0) is 47.7 Å². The van der Waals surface area contributed by atoms with Crippen molar-refractivity contribution in [2.45, 2.75) is 43.5 Å². The van der Waals surface area contributed by atoms with Gasteiger partial charge in [-0.1, -0.05) is 55.8 Å². The average molecular weight is 598 g/mol. The summed E-state index contributed by atoms with van der Waals surface area (Å²) in [6.07, 6.45) is 1.55. The number of imidazole rings is 1. The van der Waals surface area contributed by atoms with Crippen LogP contribution < -0.4 is 16.4 Å². The molecule has 0 fully saturated rings. The van der Waals surface area contributed by atoms with Crippen LogP contribution in [-0.2, 0) is 23.0 Å². The van der Waals surface area contributed by atoms with E-state index in [1.807, 2.05) is 6.92 Å². The van der Waals surface area contributed by atoms with Crippen LogP contribution >= 0.6 is 0 Å². The third-order valence-electron chi connectivity index (χ3n) is 7.06. The van der Waals surface area contributed by atoms with E-state index in [4.69, 9.17) is 5.14 Å². The summed E-state index contributed by atoms with van der Waals surface area (Å²) in [7, 11) is -4.39. The average Bonchev–Trinajstić information content (AvgIpc) is 3.39. The summed E-state index contributed by atoms with van der Waals surface area (Å²) >= 11 is 0. The lowest BCUT2D eigenvalue weighted by molar-refractivity contribution is 0.507. The molecule has 0 bridgehead atoms. The second-order valence-corrected chi connectivity index (χ2v) is 11.4. The molecule has 0 saturated carbocycles. The van der Waals surface area contributed by atoms with Crippen molar-refractivity contribution in [3.8, 4) is 11.1 Å². The SMILES string of the molecule is CCCCn1c(=O)[nH]c(=O)c2[nH]c(C(Cc3ccccc3F)c3ccc(-c4c(S(N)(=O)=O)ccc(F)c4F)cc3)nc21. The second-order valence-electron chi connectivity index (χ2n) is 9.83. The maximum absolute atomic E-state index is 14.8. The Balaban J connectivity index is 1.66.